The first-order valence-electron chi connectivity index (χ1n) is 5.27. The van der Waals surface area contributed by atoms with Crippen LogP contribution in [0.2, 0.25) is 5.02 Å². The maximum Gasteiger partial charge on any atom is 0.0716 e. The van der Waals surface area contributed by atoms with Crippen molar-refractivity contribution in [1.82, 2.24) is 4.98 Å². The minimum absolute atomic E-state index is 0.119. The number of aromatic nitrogens is 1. The molecule has 1 heterocycles. The zero-order valence-corrected chi connectivity index (χ0v) is 11.4. The van der Waals surface area contributed by atoms with Gasteiger partial charge in [-0.05, 0) is 52.2 Å². The van der Waals surface area contributed by atoms with Gasteiger partial charge in [0.2, 0.25) is 0 Å². The van der Waals surface area contributed by atoms with Gasteiger partial charge in [0.25, 0.3) is 0 Å². The van der Waals surface area contributed by atoms with Crippen LogP contribution in [0.4, 0.5) is 0 Å². The standard InChI is InChI=1S/C13H12BrClN2/c14-11-2-1-7-17-13(11)12(16)8-9-3-5-10(15)6-4-9/h1-7,12H,8,16H2. The number of halogens is 2. The summed E-state index contributed by atoms with van der Waals surface area (Å²) in [6.07, 6.45) is 2.49. The predicted molar refractivity (Wildman–Crippen MR) is 74.0 cm³/mol. The Morgan fingerprint density at radius 2 is 1.94 bits per heavy atom. The molecule has 0 fully saturated rings. The summed E-state index contributed by atoms with van der Waals surface area (Å²) in [6, 6.07) is 11.4. The van der Waals surface area contributed by atoms with Crippen molar-refractivity contribution in [3.63, 3.8) is 0 Å². The fourth-order valence-corrected chi connectivity index (χ4v) is 2.32. The molecule has 0 amide bonds. The molecule has 17 heavy (non-hydrogen) atoms. The SMILES string of the molecule is NC(Cc1ccc(Cl)cc1)c1ncccc1Br. The summed E-state index contributed by atoms with van der Waals surface area (Å²) in [5.41, 5.74) is 8.17. The molecule has 0 aliphatic carbocycles. The zero-order chi connectivity index (χ0) is 12.3. The topological polar surface area (TPSA) is 38.9 Å². The summed E-state index contributed by atoms with van der Waals surface area (Å²) in [4.78, 5) is 4.29. The highest BCUT2D eigenvalue weighted by Crippen LogP contribution is 2.22. The van der Waals surface area contributed by atoms with Gasteiger partial charge >= 0.3 is 0 Å². The average molecular weight is 312 g/mol. The first kappa shape index (κ1) is 12.6. The van der Waals surface area contributed by atoms with E-state index < -0.39 is 0 Å². The Labute approximate surface area is 114 Å². The molecule has 0 radical (unpaired) electrons. The molecule has 1 aromatic heterocycles. The van der Waals surface area contributed by atoms with E-state index in [0.29, 0.717) is 0 Å². The van der Waals surface area contributed by atoms with E-state index in [1.54, 1.807) is 6.20 Å². The van der Waals surface area contributed by atoms with Gasteiger partial charge in [-0.15, -0.1) is 0 Å². The summed E-state index contributed by atoms with van der Waals surface area (Å²) in [5, 5.41) is 0.737. The van der Waals surface area contributed by atoms with E-state index in [9.17, 15) is 0 Å². The van der Waals surface area contributed by atoms with Crippen LogP contribution in [0.5, 0.6) is 0 Å². The van der Waals surface area contributed by atoms with Crippen LogP contribution in [0.1, 0.15) is 17.3 Å². The molecule has 88 valence electrons. The third-order valence-electron chi connectivity index (χ3n) is 2.51. The molecule has 1 unspecified atom stereocenters. The van der Waals surface area contributed by atoms with Crippen molar-refractivity contribution in [2.45, 2.75) is 12.5 Å². The van der Waals surface area contributed by atoms with Crippen LogP contribution in [0.25, 0.3) is 0 Å². The van der Waals surface area contributed by atoms with Crippen LogP contribution in [-0.4, -0.2) is 4.98 Å². The second-order valence-corrected chi connectivity index (χ2v) is 5.10. The van der Waals surface area contributed by atoms with E-state index >= 15 is 0 Å². The van der Waals surface area contributed by atoms with E-state index in [1.165, 1.54) is 0 Å². The van der Waals surface area contributed by atoms with Crippen molar-refractivity contribution in [1.29, 1.82) is 0 Å². The van der Waals surface area contributed by atoms with Gasteiger partial charge in [-0.3, -0.25) is 4.98 Å². The summed E-state index contributed by atoms with van der Waals surface area (Å²) in [5.74, 6) is 0. The molecular formula is C13H12BrClN2. The van der Waals surface area contributed by atoms with Crippen molar-refractivity contribution in [3.8, 4) is 0 Å². The van der Waals surface area contributed by atoms with Gasteiger partial charge in [0.05, 0.1) is 11.7 Å². The summed E-state index contributed by atoms with van der Waals surface area (Å²) >= 11 is 9.30. The van der Waals surface area contributed by atoms with Crippen LogP contribution in [0.3, 0.4) is 0 Å². The van der Waals surface area contributed by atoms with Crippen molar-refractivity contribution in [2.24, 2.45) is 5.73 Å². The van der Waals surface area contributed by atoms with Crippen molar-refractivity contribution in [2.75, 3.05) is 0 Å². The Hall–Kier alpha value is -0.900. The van der Waals surface area contributed by atoms with Crippen molar-refractivity contribution in [3.05, 3.63) is 63.3 Å². The maximum absolute atomic E-state index is 6.14. The van der Waals surface area contributed by atoms with Crippen LogP contribution in [0, 0.1) is 0 Å². The lowest BCUT2D eigenvalue weighted by Crippen LogP contribution is -2.15. The minimum Gasteiger partial charge on any atom is -0.322 e. The van der Waals surface area contributed by atoms with Crippen LogP contribution in [-0.2, 0) is 6.42 Å². The largest absolute Gasteiger partial charge is 0.322 e. The number of nitrogens with two attached hydrogens (primary N) is 1. The smallest absolute Gasteiger partial charge is 0.0716 e. The first-order chi connectivity index (χ1) is 8.16. The van der Waals surface area contributed by atoms with Crippen LogP contribution >= 0.6 is 27.5 Å². The van der Waals surface area contributed by atoms with Gasteiger partial charge in [0, 0.05) is 15.7 Å². The monoisotopic (exact) mass is 310 g/mol. The van der Waals surface area contributed by atoms with Gasteiger partial charge in [-0.2, -0.15) is 0 Å². The Bertz CT molecular complexity index is 499. The minimum atomic E-state index is -0.119. The Balaban J connectivity index is 2.14. The van der Waals surface area contributed by atoms with E-state index in [-0.39, 0.29) is 6.04 Å². The fourth-order valence-electron chi connectivity index (χ4n) is 1.64. The Morgan fingerprint density at radius 1 is 1.24 bits per heavy atom. The summed E-state index contributed by atoms with van der Waals surface area (Å²) in [7, 11) is 0. The molecule has 4 heteroatoms. The van der Waals surface area contributed by atoms with Crippen molar-refractivity contribution < 1.29 is 0 Å². The molecule has 2 nitrogen and oxygen atoms in total. The molecule has 2 rings (SSSR count). The Morgan fingerprint density at radius 3 is 2.59 bits per heavy atom. The Kier molecular flexibility index (Phi) is 4.15. The molecule has 0 aliphatic heterocycles. The number of benzene rings is 1. The lowest BCUT2D eigenvalue weighted by Gasteiger charge is -2.12. The van der Waals surface area contributed by atoms with E-state index in [4.69, 9.17) is 17.3 Å². The van der Waals surface area contributed by atoms with Gasteiger partial charge in [0.1, 0.15) is 0 Å². The molecular weight excluding hydrogens is 300 g/mol. The van der Waals surface area contributed by atoms with Gasteiger partial charge < -0.3 is 5.73 Å². The molecule has 2 N–H and O–H groups in total. The van der Waals surface area contributed by atoms with Gasteiger partial charge in [0.15, 0.2) is 0 Å². The summed E-state index contributed by atoms with van der Waals surface area (Å²) < 4.78 is 0.946. The normalized spacial score (nSPS) is 12.4. The number of rotatable bonds is 3. The molecule has 0 spiro atoms. The quantitative estimate of drug-likeness (QED) is 0.938. The van der Waals surface area contributed by atoms with E-state index in [2.05, 4.69) is 20.9 Å². The van der Waals surface area contributed by atoms with Crippen molar-refractivity contribution >= 4 is 27.5 Å². The second kappa shape index (κ2) is 5.63. The van der Waals surface area contributed by atoms with Gasteiger partial charge in [-0.25, -0.2) is 0 Å². The maximum atomic E-state index is 6.14. The van der Waals surface area contributed by atoms with E-state index in [1.807, 2.05) is 36.4 Å². The number of hydrogen-bond donors (Lipinski definition) is 1. The highest BCUT2D eigenvalue weighted by molar-refractivity contribution is 9.10. The molecule has 0 saturated heterocycles. The molecule has 2 aromatic rings. The third kappa shape index (κ3) is 3.28. The summed E-state index contributed by atoms with van der Waals surface area (Å²) in [6.45, 7) is 0. The fraction of sp³-hybridized carbons (Fsp3) is 0.154. The molecule has 1 atom stereocenters. The molecule has 1 aromatic carbocycles. The first-order valence-corrected chi connectivity index (χ1v) is 6.44. The highest BCUT2D eigenvalue weighted by atomic mass is 79.9. The highest BCUT2D eigenvalue weighted by Gasteiger charge is 2.11. The van der Waals surface area contributed by atoms with Crippen LogP contribution in [0.15, 0.2) is 47.1 Å². The number of hydrogen-bond acceptors (Lipinski definition) is 2. The van der Waals surface area contributed by atoms with Crippen LogP contribution < -0.4 is 5.73 Å². The lowest BCUT2D eigenvalue weighted by atomic mass is 10.0. The average Bonchev–Trinajstić information content (AvgIpc) is 2.32. The molecule has 0 aliphatic rings. The molecule has 0 bridgehead atoms. The molecule has 0 saturated carbocycles. The van der Waals surface area contributed by atoms with Gasteiger partial charge in [-0.1, -0.05) is 23.7 Å². The number of nitrogens with zero attached hydrogens (tertiary/aromatic N) is 1. The predicted octanol–water partition coefficient (Wildman–Crippen LogP) is 3.74. The lowest BCUT2D eigenvalue weighted by molar-refractivity contribution is 0.692. The zero-order valence-electron chi connectivity index (χ0n) is 9.11. The van der Waals surface area contributed by atoms with E-state index in [0.717, 1.165) is 27.2 Å². The third-order valence-corrected chi connectivity index (χ3v) is 3.43. The second-order valence-electron chi connectivity index (χ2n) is 3.81. The number of pyridine rings is 1.